The molecule has 2 aromatic rings. The van der Waals surface area contributed by atoms with Crippen molar-refractivity contribution in [2.75, 3.05) is 0 Å². The van der Waals surface area contributed by atoms with Crippen molar-refractivity contribution in [3.05, 3.63) is 77.1 Å². The largest absolute Gasteiger partial charge is 0.511 e. The quantitative estimate of drug-likeness (QED) is 0.758. The summed E-state index contributed by atoms with van der Waals surface area (Å²) >= 11 is 0. The van der Waals surface area contributed by atoms with Crippen molar-refractivity contribution in [2.45, 2.75) is 39.0 Å². The topological polar surface area (TPSA) is 49.7 Å². The van der Waals surface area contributed by atoms with E-state index >= 15 is 0 Å². The van der Waals surface area contributed by atoms with E-state index in [2.05, 4.69) is 4.99 Å². The summed E-state index contributed by atoms with van der Waals surface area (Å²) in [6, 6.07) is 17.7. The van der Waals surface area contributed by atoms with Gasteiger partial charge in [-0.3, -0.25) is 9.79 Å². The summed E-state index contributed by atoms with van der Waals surface area (Å²) in [6.45, 7) is 3.96. The number of benzene rings is 2. The number of ketones is 1. The Labute approximate surface area is 148 Å². The van der Waals surface area contributed by atoms with E-state index in [1.54, 1.807) is 0 Å². The molecular formula is C22H23NO2. The molecule has 1 N–H and O–H groups in total. The van der Waals surface area contributed by atoms with Crippen molar-refractivity contribution in [1.82, 2.24) is 0 Å². The van der Waals surface area contributed by atoms with Crippen molar-refractivity contribution in [3.8, 4) is 0 Å². The molecule has 3 heteroatoms. The molecule has 0 amide bonds. The maximum absolute atomic E-state index is 12.8. The number of hydrogen-bond donors (Lipinski definition) is 1. The summed E-state index contributed by atoms with van der Waals surface area (Å²) in [5.41, 5.74) is 4.08. The van der Waals surface area contributed by atoms with E-state index in [1.807, 2.05) is 68.4 Å². The fraction of sp³-hybridized carbons (Fsp3) is 0.273. The van der Waals surface area contributed by atoms with Crippen molar-refractivity contribution in [1.29, 1.82) is 0 Å². The van der Waals surface area contributed by atoms with Crippen LogP contribution < -0.4 is 0 Å². The fourth-order valence-corrected chi connectivity index (χ4v) is 3.33. The second-order valence-electron chi connectivity index (χ2n) is 6.46. The van der Waals surface area contributed by atoms with Crippen LogP contribution in [-0.2, 0) is 4.79 Å². The van der Waals surface area contributed by atoms with Crippen LogP contribution in [0, 0.1) is 6.92 Å². The van der Waals surface area contributed by atoms with Crippen molar-refractivity contribution in [2.24, 2.45) is 4.99 Å². The normalized spacial score (nSPS) is 18.6. The molecule has 3 rings (SSSR count). The van der Waals surface area contributed by atoms with Gasteiger partial charge in [0.25, 0.3) is 0 Å². The van der Waals surface area contributed by atoms with Crippen LogP contribution in [0.5, 0.6) is 0 Å². The van der Waals surface area contributed by atoms with Crippen LogP contribution in [-0.4, -0.2) is 16.6 Å². The number of hydrogen-bond acceptors (Lipinski definition) is 3. The smallest absolute Gasteiger partial charge is 0.168 e. The Morgan fingerprint density at radius 3 is 2.40 bits per heavy atom. The maximum atomic E-state index is 12.8. The Morgan fingerprint density at radius 1 is 1.08 bits per heavy atom. The molecule has 2 aromatic carbocycles. The molecule has 0 aliphatic heterocycles. The minimum atomic E-state index is -0.0215. The Hall–Kier alpha value is -2.68. The van der Waals surface area contributed by atoms with E-state index in [1.165, 1.54) is 0 Å². The number of para-hydroxylation sites is 1. The summed E-state index contributed by atoms with van der Waals surface area (Å²) < 4.78 is 0. The van der Waals surface area contributed by atoms with E-state index in [0.717, 1.165) is 16.8 Å². The average molecular weight is 333 g/mol. The van der Waals surface area contributed by atoms with Crippen LogP contribution in [0.2, 0.25) is 0 Å². The minimum absolute atomic E-state index is 0.0215. The molecule has 1 atom stereocenters. The third-order valence-corrected chi connectivity index (χ3v) is 4.70. The molecule has 1 aliphatic rings. The van der Waals surface area contributed by atoms with Gasteiger partial charge < -0.3 is 5.11 Å². The number of aliphatic hydroxyl groups is 1. The predicted octanol–water partition coefficient (Wildman–Crippen LogP) is 5.44. The Balaban J connectivity index is 1.95. The first kappa shape index (κ1) is 17.2. The number of carbonyl (C=O) groups is 1. The van der Waals surface area contributed by atoms with Gasteiger partial charge in [-0.15, -0.1) is 0 Å². The highest BCUT2D eigenvalue weighted by atomic mass is 16.3. The molecule has 25 heavy (non-hydrogen) atoms. The highest BCUT2D eigenvalue weighted by Crippen LogP contribution is 2.35. The lowest BCUT2D eigenvalue weighted by atomic mass is 9.81. The van der Waals surface area contributed by atoms with Crippen LogP contribution in [0.15, 0.2) is 70.9 Å². The Kier molecular flexibility index (Phi) is 5.13. The highest BCUT2D eigenvalue weighted by molar-refractivity contribution is 6.23. The van der Waals surface area contributed by atoms with Gasteiger partial charge in [-0.25, -0.2) is 0 Å². The summed E-state index contributed by atoms with van der Waals surface area (Å²) in [5, 5.41) is 10.6. The minimum Gasteiger partial charge on any atom is -0.511 e. The zero-order valence-electron chi connectivity index (χ0n) is 14.7. The van der Waals surface area contributed by atoms with Gasteiger partial charge in [0.15, 0.2) is 5.78 Å². The summed E-state index contributed by atoms with van der Waals surface area (Å²) in [6.07, 6.45) is 1.50. The van der Waals surface area contributed by atoms with Gasteiger partial charge in [-0.05, 0) is 36.5 Å². The average Bonchev–Trinajstić information content (AvgIpc) is 2.62. The molecule has 128 valence electrons. The number of aliphatic imine (C=N–C) groups is 1. The van der Waals surface area contributed by atoms with Gasteiger partial charge in [0.2, 0.25) is 0 Å². The number of aryl methyl sites for hydroxylation is 1. The SMILES string of the molecule is CCC(=Nc1ccccc1C)C1=C(O)CC(c2ccccc2)CC1=O. The van der Waals surface area contributed by atoms with Gasteiger partial charge in [-0.2, -0.15) is 0 Å². The predicted molar refractivity (Wildman–Crippen MR) is 102 cm³/mol. The number of carbonyl (C=O) groups excluding carboxylic acids is 1. The molecule has 1 aliphatic carbocycles. The van der Waals surface area contributed by atoms with Gasteiger partial charge >= 0.3 is 0 Å². The van der Waals surface area contributed by atoms with Gasteiger partial charge in [0.1, 0.15) is 5.76 Å². The second kappa shape index (κ2) is 7.47. The molecule has 0 fully saturated rings. The maximum Gasteiger partial charge on any atom is 0.168 e. The zero-order chi connectivity index (χ0) is 17.8. The molecular weight excluding hydrogens is 310 g/mol. The number of rotatable bonds is 4. The standard InChI is InChI=1S/C22H23NO2/c1-3-18(23-19-12-8-7-9-15(19)2)22-20(24)13-17(14-21(22)25)16-10-5-4-6-11-16/h4-12,17,24H,3,13-14H2,1-2H3. The van der Waals surface area contributed by atoms with Crippen LogP contribution >= 0.6 is 0 Å². The third kappa shape index (κ3) is 3.71. The van der Waals surface area contributed by atoms with Crippen molar-refractivity contribution < 1.29 is 9.90 Å². The second-order valence-corrected chi connectivity index (χ2v) is 6.46. The first-order chi connectivity index (χ1) is 12.1. The number of allylic oxidation sites excluding steroid dienone is 2. The lowest BCUT2D eigenvalue weighted by Crippen LogP contribution is -2.23. The first-order valence-electron chi connectivity index (χ1n) is 8.74. The van der Waals surface area contributed by atoms with Gasteiger partial charge in [0, 0.05) is 12.8 Å². The van der Waals surface area contributed by atoms with E-state index in [-0.39, 0.29) is 17.5 Å². The van der Waals surface area contributed by atoms with E-state index < -0.39 is 0 Å². The zero-order valence-corrected chi connectivity index (χ0v) is 14.7. The molecule has 3 nitrogen and oxygen atoms in total. The van der Waals surface area contributed by atoms with Crippen molar-refractivity contribution >= 4 is 17.2 Å². The van der Waals surface area contributed by atoms with Gasteiger partial charge in [-0.1, -0.05) is 55.5 Å². The molecule has 0 aromatic heterocycles. The molecule has 0 spiro atoms. The monoisotopic (exact) mass is 333 g/mol. The van der Waals surface area contributed by atoms with E-state index in [4.69, 9.17) is 0 Å². The van der Waals surface area contributed by atoms with Gasteiger partial charge in [0.05, 0.1) is 17.0 Å². The summed E-state index contributed by atoms with van der Waals surface area (Å²) in [4.78, 5) is 17.4. The van der Waals surface area contributed by atoms with E-state index in [0.29, 0.717) is 30.5 Å². The van der Waals surface area contributed by atoms with Crippen LogP contribution in [0.25, 0.3) is 0 Å². The van der Waals surface area contributed by atoms with E-state index in [9.17, 15) is 9.90 Å². The first-order valence-corrected chi connectivity index (χ1v) is 8.74. The van der Waals surface area contributed by atoms with Crippen LogP contribution in [0.1, 0.15) is 43.2 Å². The lowest BCUT2D eigenvalue weighted by Gasteiger charge is -2.24. The molecule has 0 radical (unpaired) electrons. The number of nitrogens with zero attached hydrogens (tertiary/aromatic N) is 1. The molecule has 0 bridgehead atoms. The molecule has 0 saturated carbocycles. The Bertz CT molecular complexity index is 834. The summed E-state index contributed by atoms with van der Waals surface area (Å²) in [7, 11) is 0. The Morgan fingerprint density at radius 2 is 1.76 bits per heavy atom. The number of aliphatic hydroxyl groups excluding tert-OH is 1. The van der Waals surface area contributed by atoms with Crippen LogP contribution in [0.3, 0.4) is 0 Å². The molecule has 0 heterocycles. The van der Waals surface area contributed by atoms with Crippen LogP contribution in [0.4, 0.5) is 5.69 Å². The molecule has 0 saturated heterocycles. The number of Topliss-reactive ketones (excluding diaryl/α,β-unsaturated/α-hetero) is 1. The fourth-order valence-electron chi connectivity index (χ4n) is 3.33. The summed E-state index contributed by atoms with van der Waals surface area (Å²) in [5.74, 6) is 0.181. The van der Waals surface area contributed by atoms with Crippen molar-refractivity contribution in [3.63, 3.8) is 0 Å². The lowest BCUT2D eigenvalue weighted by molar-refractivity contribution is -0.116. The molecule has 1 unspecified atom stereocenters. The highest BCUT2D eigenvalue weighted by Gasteiger charge is 2.30. The third-order valence-electron chi connectivity index (χ3n) is 4.70.